The van der Waals surface area contributed by atoms with E-state index in [4.69, 9.17) is 5.26 Å². The molecule has 0 aliphatic heterocycles. The average Bonchev–Trinajstić information content (AvgIpc) is 2.58. The molecule has 11 heteroatoms. The van der Waals surface area contributed by atoms with Crippen molar-refractivity contribution in [3.63, 3.8) is 0 Å². The van der Waals surface area contributed by atoms with Crippen molar-refractivity contribution in [1.29, 1.82) is 5.26 Å². The molecule has 0 saturated heterocycles. The van der Waals surface area contributed by atoms with Gasteiger partial charge in [-0.05, 0) is 12.1 Å². The van der Waals surface area contributed by atoms with Crippen molar-refractivity contribution in [1.82, 2.24) is 9.29 Å². The van der Waals surface area contributed by atoms with Crippen molar-refractivity contribution in [3.8, 4) is 6.07 Å². The molecule has 132 valence electrons. The molecule has 1 heterocycles. The van der Waals surface area contributed by atoms with Gasteiger partial charge in [0, 0.05) is 20.3 Å². The molecule has 0 fully saturated rings. The Balaban J connectivity index is 2.73. The number of halogens is 4. The minimum atomic E-state index is -4.66. The molecule has 0 amide bonds. The van der Waals surface area contributed by atoms with Gasteiger partial charge in [-0.25, -0.2) is 35.3 Å². The van der Waals surface area contributed by atoms with Crippen LogP contribution in [0.25, 0.3) is 0 Å². The van der Waals surface area contributed by atoms with E-state index in [9.17, 15) is 26.0 Å². The van der Waals surface area contributed by atoms with E-state index in [-0.39, 0.29) is 11.4 Å². The van der Waals surface area contributed by atoms with Gasteiger partial charge in [0.25, 0.3) is 0 Å². The topological polar surface area (TPSA) is 86.1 Å². The molecule has 1 aromatic carbocycles. The lowest BCUT2D eigenvalue weighted by Gasteiger charge is -2.18. The fourth-order valence-electron chi connectivity index (χ4n) is 1.81. The highest BCUT2D eigenvalue weighted by Crippen LogP contribution is 2.34. The number of nitrogens with one attached hydrogen (secondary N) is 1. The third kappa shape index (κ3) is 3.26. The molecule has 0 aliphatic carbocycles. The Hall–Kier alpha value is -2.71. The quantitative estimate of drug-likeness (QED) is 0.505. The number of anilines is 2. The minimum Gasteiger partial charge on any atom is -0.337 e. The van der Waals surface area contributed by atoms with Gasteiger partial charge in [0.1, 0.15) is 22.5 Å². The van der Waals surface area contributed by atoms with E-state index >= 15 is 0 Å². The van der Waals surface area contributed by atoms with E-state index in [1.165, 1.54) is 6.07 Å². The van der Waals surface area contributed by atoms with Crippen LogP contribution in [0.15, 0.2) is 23.2 Å². The van der Waals surface area contributed by atoms with Crippen LogP contribution in [-0.4, -0.2) is 31.8 Å². The summed E-state index contributed by atoms with van der Waals surface area (Å²) in [6.45, 7) is 0. The molecular weight excluding hydrogens is 364 g/mol. The van der Waals surface area contributed by atoms with Crippen LogP contribution in [0.2, 0.25) is 0 Å². The van der Waals surface area contributed by atoms with E-state index < -0.39 is 43.9 Å². The second-order valence-electron chi connectivity index (χ2n) is 4.92. The standard InChI is InChI=1S/C14H10F4N4O2S/c1-22(2)25(23,24)14-12(18)10(16)9(15)11(17)13(14)21-8-4-3-7(5-19)6-20-8/h3-4,6H,1-2H3,(H,20,21). The second-order valence-corrected chi connectivity index (χ2v) is 7.01. The lowest BCUT2D eigenvalue weighted by molar-refractivity contribution is 0.396. The van der Waals surface area contributed by atoms with Crippen LogP contribution < -0.4 is 5.32 Å². The minimum absolute atomic E-state index is 0.142. The van der Waals surface area contributed by atoms with E-state index in [1.54, 1.807) is 6.07 Å². The fourth-order valence-corrected chi connectivity index (χ4v) is 2.89. The third-order valence-corrected chi connectivity index (χ3v) is 4.97. The molecule has 0 spiro atoms. The Morgan fingerprint density at radius 2 is 1.68 bits per heavy atom. The van der Waals surface area contributed by atoms with Crippen LogP contribution >= 0.6 is 0 Å². The van der Waals surface area contributed by atoms with Gasteiger partial charge < -0.3 is 5.32 Å². The normalized spacial score (nSPS) is 11.4. The van der Waals surface area contributed by atoms with Crippen molar-refractivity contribution in [2.45, 2.75) is 4.90 Å². The van der Waals surface area contributed by atoms with Crippen LogP contribution in [-0.2, 0) is 10.0 Å². The SMILES string of the molecule is CN(C)S(=O)(=O)c1c(F)c(F)c(F)c(F)c1Nc1ccc(C#N)cn1. The highest BCUT2D eigenvalue weighted by atomic mass is 32.2. The number of rotatable bonds is 4. The van der Waals surface area contributed by atoms with Gasteiger partial charge in [-0.1, -0.05) is 0 Å². The molecule has 1 N–H and O–H groups in total. The van der Waals surface area contributed by atoms with Gasteiger partial charge in [-0.15, -0.1) is 0 Å². The van der Waals surface area contributed by atoms with Crippen LogP contribution in [0.3, 0.4) is 0 Å². The molecule has 25 heavy (non-hydrogen) atoms. The van der Waals surface area contributed by atoms with Gasteiger partial charge in [0.05, 0.1) is 5.56 Å². The largest absolute Gasteiger partial charge is 0.337 e. The number of aromatic nitrogens is 1. The maximum atomic E-state index is 14.1. The Labute approximate surface area is 140 Å². The molecule has 1 aromatic heterocycles. The number of sulfonamides is 1. The van der Waals surface area contributed by atoms with Crippen LogP contribution in [0.1, 0.15) is 5.56 Å². The monoisotopic (exact) mass is 374 g/mol. The third-order valence-electron chi connectivity index (χ3n) is 3.11. The Kier molecular flexibility index (Phi) is 4.96. The maximum absolute atomic E-state index is 14.1. The van der Waals surface area contributed by atoms with Crippen molar-refractivity contribution in [2.24, 2.45) is 0 Å². The van der Waals surface area contributed by atoms with E-state index in [0.29, 0.717) is 4.31 Å². The smallest absolute Gasteiger partial charge is 0.247 e. The van der Waals surface area contributed by atoms with Crippen molar-refractivity contribution in [2.75, 3.05) is 19.4 Å². The zero-order valence-electron chi connectivity index (χ0n) is 12.8. The van der Waals surface area contributed by atoms with E-state index in [1.807, 2.05) is 0 Å². The summed E-state index contributed by atoms with van der Waals surface area (Å²) >= 11 is 0. The lowest BCUT2D eigenvalue weighted by atomic mass is 10.2. The average molecular weight is 374 g/mol. The number of pyridine rings is 1. The summed E-state index contributed by atoms with van der Waals surface area (Å²) in [5.74, 6) is -8.63. The Morgan fingerprint density at radius 1 is 1.08 bits per heavy atom. The first-order chi connectivity index (χ1) is 11.6. The Bertz CT molecular complexity index is 970. The summed E-state index contributed by atoms with van der Waals surface area (Å²) < 4.78 is 80.2. The van der Waals surface area contributed by atoms with Gasteiger partial charge in [0.2, 0.25) is 10.0 Å². The molecule has 6 nitrogen and oxygen atoms in total. The number of benzene rings is 1. The first-order valence-electron chi connectivity index (χ1n) is 6.53. The van der Waals surface area contributed by atoms with Crippen molar-refractivity contribution in [3.05, 3.63) is 47.2 Å². The van der Waals surface area contributed by atoms with Crippen molar-refractivity contribution < 1.29 is 26.0 Å². The molecule has 2 rings (SSSR count). The molecule has 0 radical (unpaired) electrons. The molecule has 2 aromatic rings. The number of hydrogen-bond donors (Lipinski definition) is 1. The first kappa shape index (κ1) is 18.6. The molecular formula is C14H10F4N4O2S. The highest BCUT2D eigenvalue weighted by molar-refractivity contribution is 7.89. The molecule has 0 saturated carbocycles. The maximum Gasteiger partial charge on any atom is 0.247 e. The molecule has 0 unspecified atom stereocenters. The summed E-state index contributed by atoms with van der Waals surface area (Å²) in [7, 11) is -2.64. The zero-order chi connectivity index (χ0) is 18.9. The molecule has 0 atom stereocenters. The van der Waals surface area contributed by atoms with E-state index in [2.05, 4.69) is 10.3 Å². The van der Waals surface area contributed by atoms with Crippen molar-refractivity contribution >= 4 is 21.5 Å². The number of hydrogen-bond acceptors (Lipinski definition) is 5. The highest BCUT2D eigenvalue weighted by Gasteiger charge is 2.34. The van der Waals surface area contributed by atoms with Gasteiger partial charge in [0.15, 0.2) is 23.3 Å². The number of nitriles is 1. The van der Waals surface area contributed by atoms with Crippen LogP contribution in [0.4, 0.5) is 29.1 Å². The molecule has 0 bridgehead atoms. The Morgan fingerprint density at radius 3 is 2.16 bits per heavy atom. The zero-order valence-corrected chi connectivity index (χ0v) is 13.6. The lowest BCUT2D eigenvalue weighted by Crippen LogP contribution is -2.25. The predicted molar refractivity (Wildman–Crippen MR) is 79.4 cm³/mol. The fraction of sp³-hybridized carbons (Fsp3) is 0.143. The first-order valence-corrected chi connectivity index (χ1v) is 7.97. The van der Waals surface area contributed by atoms with Gasteiger partial charge in [-0.2, -0.15) is 5.26 Å². The van der Waals surface area contributed by atoms with E-state index in [0.717, 1.165) is 26.4 Å². The summed E-state index contributed by atoms with van der Waals surface area (Å²) in [6.07, 6.45) is 1.07. The van der Waals surface area contributed by atoms with Crippen LogP contribution in [0, 0.1) is 34.6 Å². The predicted octanol–water partition coefficient (Wildman–Crippen LogP) is 2.50. The summed E-state index contributed by atoms with van der Waals surface area (Å²) in [4.78, 5) is 2.29. The second kappa shape index (κ2) is 6.66. The molecule has 0 aliphatic rings. The summed E-state index contributed by atoms with van der Waals surface area (Å²) in [5.41, 5.74) is -0.995. The van der Waals surface area contributed by atoms with Gasteiger partial charge in [-0.3, -0.25) is 0 Å². The summed E-state index contributed by atoms with van der Waals surface area (Å²) in [5, 5.41) is 10.8. The van der Waals surface area contributed by atoms with Crippen LogP contribution in [0.5, 0.6) is 0 Å². The summed E-state index contributed by atoms with van der Waals surface area (Å²) in [6, 6.07) is 4.18. The number of nitrogens with zero attached hydrogens (tertiary/aromatic N) is 3. The van der Waals surface area contributed by atoms with Gasteiger partial charge >= 0.3 is 0 Å².